The summed E-state index contributed by atoms with van der Waals surface area (Å²) < 4.78 is 57.8. The summed E-state index contributed by atoms with van der Waals surface area (Å²) in [6.45, 7) is 1.90. The second kappa shape index (κ2) is 7.12. The Morgan fingerprint density at radius 1 is 1.00 bits per heavy atom. The lowest BCUT2D eigenvalue weighted by atomic mass is 10.1. The molecule has 112 valence electrons. The van der Waals surface area contributed by atoms with Gasteiger partial charge in [0.05, 0.1) is 6.61 Å². The number of benzene rings is 1. The van der Waals surface area contributed by atoms with Crippen molar-refractivity contribution >= 4 is 11.7 Å². The minimum absolute atomic E-state index is 0.0780. The van der Waals surface area contributed by atoms with Crippen LogP contribution in [0.3, 0.4) is 0 Å². The Morgan fingerprint density at radius 2 is 1.55 bits per heavy atom. The molecule has 0 aliphatic heterocycles. The summed E-state index contributed by atoms with van der Waals surface area (Å²) >= 11 is 0. The normalized spacial score (nSPS) is 10.7. The average Bonchev–Trinajstić information content (AvgIpc) is 2.43. The van der Waals surface area contributed by atoms with Crippen LogP contribution in [-0.4, -0.2) is 12.6 Å². The first-order valence-electron chi connectivity index (χ1n) is 6.20. The van der Waals surface area contributed by atoms with E-state index in [1.165, 1.54) is 0 Å². The Kier molecular flexibility index (Phi) is 5.79. The van der Waals surface area contributed by atoms with E-state index in [-0.39, 0.29) is 6.61 Å². The second-order valence-electron chi connectivity index (χ2n) is 4.24. The molecule has 20 heavy (non-hydrogen) atoms. The van der Waals surface area contributed by atoms with E-state index < -0.39 is 40.5 Å². The maximum absolute atomic E-state index is 13.4. The number of ether oxygens (including phenoxy) is 1. The standard InChI is InChI=1S/C13H15F4NO2/c1-2-3-4-5-6-20-13(19)7-8(14)10(16)12(18)11(17)9(7)15/h2-6,18H2,1H3. The number of unbranched alkanes of at least 4 members (excludes halogenated alkanes) is 3. The zero-order valence-electron chi connectivity index (χ0n) is 10.9. The number of carbonyl (C=O) groups is 1. The Hall–Kier alpha value is -1.79. The van der Waals surface area contributed by atoms with Crippen LogP contribution >= 0.6 is 0 Å². The highest BCUT2D eigenvalue weighted by atomic mass is 19.2. The quantitative estimate of drug-likeness (QED) is 0.287. The van der Waals surface area contributed by atoms with Gasteiger partial charge in [-0.25, -0.2) is 22.4 Å². The summed E-state index contributed by atoms with van der Waals surface area (Å²) in [5.41, 5.74) is 2.12. The molecule has 7 heteroatoms. The van der Waals surface area contributed by atoms with Crippen molar-refractivity contribution < 1.29 is 27.1 Å². The molecule has 0 unspecified atom stereocenters. The number of rotatable bonds is 6. The predicted molar refractivity (Wildman–Crippen MR) is 65.1 cm³/mol. The van der Waals surface area contributed by atoms with E-state index in [2.05, 4.69) is 4.74 Å². The van der Waals surface area contributed by atoms with Crippen molar-refractivity contribution in [3.63, 3.8) is 0 Å². The lowest BCUT2D eigenvalue weighted by Crippen LogP contribution is -2.16. The minimum atomic E-state index is -1.85. The highest BCUT2D eigenvalue weighted by Gasteiger charge is 2.29. The van der Waals surface area contributed by atoms with E-state index in [1.807, 2.05) is 6.92 Å². The van der Waals surface area contributed by atoms with Crippen LogP contribution < -0.4 is 5.73 Å². The van der Waals surface area contributed by atoms with Crippen molar-refractivity contribution in [2.45, 2.75) is 32.6 Å². The molecule has 0 spiro atoms. The average molecular weight is 293 g/mol. The van der Waals surface area contributed by atoms with Gasteiger partial charge in [0.25, 0.3) is 0 Å². The first-order chi connectivity index (χ1) is 9.41. The molecule has 1 aromatic carbocycles. The zero-order valence-corrected chi connectivity index (χ0v) is 10.9. The molecule has 0 aliphatic carbocycles. The third kappa shape index (κ3) is 3.40. The molecule has 0 saturated heterocycles. The topological polar surface area (TPSA) is 52.3 Å². The molecule has 1 aromatic rings. The number of nitrogens with two attached hydrogens (primary N) is 1. The summed E-state index contributed by atoms with van der Waals surface area (Å²) in [5, 5.41) is 0. The van der Waals surface area contributed by atoms with Crippen LogP contribution in [0.4, 0.5) is 23.2 Å². The Labute approximate surface area is 113 Å². The maximum atomic E-state index is 13.4. The minimum Gasteiger partial charge on any atom is -0.462 e. The number of carbonyl (C=O) groups excluding carboxylic acids is 1. The molecular formula is C13H15F4NO2. The summed E-state index contributed by atoms with van der Waals surface area (Å²) in [6, 6.07) is 0. The van der Waals surface area contributed by atoms with Crippen molar-refractivity contribution in [1.82, 2.24) is 0 Å². The number of halogens is 4. The van der Waals surface area contributed by atoms with E-state index in [4.69, 9.17) is 5.73 Å². The smallest absolute Gasteiger partial charge is 0.344 e. The van der Waals surface area contributed by atoms with Gasteiger partial charge in [-0.3, -0.25) is 0 Å². The summed E-state index contributed by atoms with van der Waals surface area (Å²) in [6.07, 6.45) is 3.17. The van der Waals surface area contributed by atoms with Crippen molar-refractivity contribution in [2.24, 2.45) is 0 Å². The van der Waals surface area contributed by atoms with Gasteiger partial charge >= 0.3 is 5.97 Å². The lowest BCUT2D eigenvalue weighted by molar-refractivity contribution is 0.0484. The zero-order chi connectivity index (χ0) is 15.3. The molecule has 2 N–H and O–H groups in total. The molecular weight excluding hydrogens is 278 g/mol. The van der Waals surface area contributed by atoms with Crippen LogP contribution in [0.1, 0.15) is 43.0 Å². The van der Waals surface area contributed by atoms with Gasteiger partial charge in [-0.1, -0.05) is 26.2 Å². The van der Waals surface area contributed by atoms with Crippen LogP contribution in [0, 0.1) is 23.3 Å². The first kappa shape index (κ1) is 16.3. The van der Waals surface area contributed by atoms with Crippen molar-refractivity contribution in [2.75, 3.05) is 12.3 Å². The molecule has 3 nitrogen and oxygen atoms in total. The highest BCUT2D eigenvalue weighted by Crippen LogP contribution is 2.26. The molecule has 0 amide bonds. The van der Waals surface area contributed by atoms with Crippen LogP contribution in [-0.2, 0) is 4.74 Å². The van der Waals surface area contributed by atoms with Crippen LogP contribution in [0.25, 0.3) is 0 Å². The van der Waals surface area contributed by atoms with Gasteiger partial charge in [-0.2, -0.15) is 0 Å². The Balaban J connectivity index is 2.83. The number of hydrogen-bond acceptors (Lipinski definition) is 3. The van der Waals surface area contributed by atoms with Gasteiger partial charge in [0, 0.05) is 0 Å². The summed E-state index contributed by atoms with van der Waals surface area (Å²) in [4.78, 5) is 11.5. The van der Waals surface area contributed by atoms with Gasteiger partial charge in [-0.05, 0) is 6.42 Å². The van der Waals surface area contributed by atoms with Crippen LogP contribution in [0.5, 0.6) is 0 Å². The molecule has 0 bridgehead atoms. The molecule has 1 rings (SSSR count). The fourth-order valence-corrected chi connectivity index (χ4v) is 1.59. The Bertz CT molecular complexity index is 477. The Morgan fingerprint density at radius 3 is 2.05 bits per heavy atom. The third-order valence-corrected chi connectivity index (χ3v) is 2.73. The van der Waals surface area contributed by atoms with E-state index in [1.54, 1.807) is 0 Å². The van der Waals surface area contributed by atoms with Crippen LogP contribution in [0.2, 0.25) is 0 Å². The van der Waals surface area contributed by atoms with Gasteiger partial charge in [0.2, 0.25) is 0 Å². The van der Waals surface area contributed by atoms with Crippen LogP contribution in [0.15, 0.2) is 0 Å². The number of esters is 1. The number of nitrogen functional groups attached to an aromatic ring is 1. The number of hydrogen-bond donors (Lipinski definition) is 1. The SMILES string of the molecule is CCCCCCOC(=O)c1c(F)c(F)c(N)c(F)c1F. The second-order valence-corrected chi connectivity index (χ2v) is 4.24. The van der Waals surface area contributed by atoms with Crippen molar-refractivity contribution in [3.05, 3.63) is 28.8 Å². The lowest BCUT2D eigenvalue weighted by Gasteiger charge is -2.09. The van der Waals surface area contributed by atoms with E-state index in [9.17, 15) is 22.4 Å². The van der Waals surface area contributed by atoms with E-state index >= 15 is 0 Å². The van der Waals surface area contributed by atoms with Crippen molar-refractivity contribution in [1.29, 1.82) is 0 Å². The summed E-state index contributed by atoms with van der Waals surface area (Å²) in [5.74, 6) is -8.75. The number of anilines is 1. The van der Waals surface area contributed by atoms with Crippen molar-refractivity contribution in [3.8, 4) is 0 Å². The third-order valence-electron chi connectivity index (χ3n) is 2.73. The molecule has 0 aromatic heterocycles. The molecule has 0 aliphatic rings. The fourth-order valence-electron chi connectivity index (χ4n) is 1.59. The first-order valence-corrected chi connectivity index (χ1v) is 6.20. The largest absolute Gasteiger partial charge is 0.462 e. The molecule has 0 heterocycles. The molecule has 0 atom stereocenters. The van der Waals surface area contributed by atoms with Gasteiger partial charge in [0.1, 0.15) is 11.3 Å². The van der Waals surface area contributed by atoms with E-state index in [0.717, 1.165) is 19.3 Å². The fraction of sp³-hybridized carbons (Fsp3) is 0.462. The monoisotopic (exact) mass is 293 g/mol. The highest BCUT2D eigenvalue weighted by molar-refractivity contribution is 5.90. The molecule has 0 saturated carbocycles. The van der Waals surface area contributed by atoms with Gasteiger partial charge < -0.3 is 10.5 Å². The van der Waals surface area contributed by atoms with Gasteiger partial charge in [-0.15, -0.1) is 0 Å². The molecule has 0 radical (unpaired) electrons. The maximum Gasteiger partial charge on any atom is 0.344 e. The molecule has 0 fully saturated rings. The summed E-state index contributed by atoms with van der Waals surface area (Å²) in [7, 11) is 0. The predicted octanol–water partition coefficient (Wildman–Crippen LogP) is 3.56. The van der Waals surface area contributed by atoms with E-state index in [0.29, 0.717) is 6.42 Å². The van der Waals surface area contributed by atoms with Gasteiger partial charge in [0.15, 0.2) is 23.3 Å².